The lowest BCUT2D eigenvalue weighted by Gasteiger charge is -2.57. The molecule has 1 atom stereocenters. The molecule has 6 heteroatoms. The zero-order chi connectivity index (χ0) is 23.9. The van der Waals surface area contributed by atoms with Crippen LogP contribution in [0.25, 0.3) is 0 Å². The summed E-state index contributed by atoms with van der Waals surface area (Å²) in [4.78, 5) is 25.9. The van der Waals surface area contributed by atoms with Crippen LogP contribution in [0.5, 0.6) is 11.5 Å². The standard InChI is InChI=1S/C28H33NO5/c1-33-25-8-5-21(28-14-18-9-19(15-28)11-20(10-18)16-28)13-23(25)26(31)29-24(27(32)34-2)12-17-3-6-22(30)7-4-17/h3-8,13,18-20,24,30H,9-12,14-16H2,1-2H3,(H,29,31)/t18?,19?,20?,24-,28?/m0/s1. The first-order valence-electron chi connectivity index (χ1n) is 12.2. The molecule has 6 nitrogen and oxygen atoms in total. The summed E-state index contributed by atoms with van der Waals surface area (Å²) in [6.45, 7) is 0. The third kappa shape index (κ3) is 4.26. The van der Waals surface area contributed by atoms with E-state index in [4.69, 9.17) is 9.47 Å². The Morgan fingerprint density at radius 2 is 1.62 bits per heavy atom. The number of carbonyl (C=O) groups is 2. The Kier molecular flexibility index (Phi) is 6.00. The van der Waals surface area contributed by atoms with Gasteiger partial charge >= 0.3 is 5.97 Å². The monoisotopic (exact) mass is 463 g/mol. The van der Waals surface area contributed by atoms with Crippen LogP contribution in [-0.4, -0.2) is 37.2 Å². The molecule has 4 bridgehead atoms. The van der Waals surface area contributed by atoms with Gasteiger partial charge in [-0.25, -0.2) is 4.79 Å². The molecule has 2 aromatic carbocycles. The van der Waals surface area contributed by atoms with Crippen molar-refractivity contribution < 1.29 is 24.2 Å². The molecule has 2 N–H and O–H groups in total. The molecule has 0 radical (unpaired) electrons. The minimum atomic E-state index is -0.852. The Morgan fingerprint density at radius 3 is 2.18 bits per heavy atom. The molecular formula is C28H33NO5. The summed E-state index contributed by atoms with van der Waals surface area (Å²) in [6.07, 6.45) is 7.96. The number of hydrogen-bond acceptors (Lipinski definition) is 5. The molecule has 6 rings (SSSR count). The van der Waals surface area contributed by atoms with Crippen LogP contribution in [0.2, 0.25) is 0 Å². The molecule has 0 aromatic heterocycles. The van der Waals surface area contributed by atoms with Crippen molar-refractivity contribution in [3.05, 3.63) is 59.2 Å². The second-order valence-electron chi connectivity index (χ2n) is 10.5. The van der Waals surface area contributed by atoms with Crippen LogP contribution in [-0.2, 0) is 21.4 Å². The molecule has 0 saturated heterocycles. The van der Waals surface area contributed by atoms with Crippen molar-refractivity contribution in [2.24, 2.45) is 17.8 Å². The summed E-state index contributed by atoms with van der Waals surface area (Å²) in [5.41, 5.74) is 2.65. The minimum absolute atomic E-state index is 0.147. The van der Waals surface area contributed by atoms with E-state index in [-0.39, 0.29) is 23.5 Å². The lowest BCUT2D eigenvalue weighted by Crippen LogP contribution is -2.48. The van der Waals surface area contributed by atoms with Crippen LogP contribution in [0.4, 0.5) is 0 Å². The summed E-state index contributed by atoms with van der Waals surface area (Å²) in [5.74, 6) is 2.20. The Bertz CT molecular complexity index is 1040. The van der Waals surface area contributed by atoms with E-state index in [2.05, 4.69) is 11.4 Å². The Morgan fingerprint density at radius 1 is 1.00 bits per heavy atom. The lowest BCUT2D eigenvalue weighted by atomic mass is 9.48. The molecule has 1 amide bonds. The van der Waals surface area contributed by atoms with Crippen LogP contribution in [0, 0.1) is 17.8 Å². The van der Waals surface area contributed by atoms with Crippen molar-refractivity contribution >= 4 is 11.9 Å². The first kappa shape index (κ1) is 22.8. The average molecular weight is 464 g/mol. The summed E-state index contributed by atoms with van der Waals surface area (Å²) >= 11 is 0. The van der Waals surface area contributed by atoms with Gasteiger partial charge in [-0.1, -0.05) is 18.2 Å². The number of methoxy groups -OCH3 is 2. The summed E-state index contributed by atoms with van der Waals surface area (Å²) in [6, 6.07) is 11.8. The van der Waals surface area contributed by atoms with Crippen LogP contribution in [0.15, 0.2) is 42.5 Å². The van der Waals surface area contributed by atoms with Crippen LogP contribution >= 0.6 is 0 Å². The molecule has 4 aliphatic carbocycles. The fourth-order valence-corrected chi connectivity index (χ4v) is 7.12. The summed E-state index contributed by atoms with van der Waals surface area (Å²) in [7, 11) is 2.87. The third-order valence-corrected chi connectivity index (χ3v) is 8.26. The van der Waals surface area contributed by atoms with Crippen molar-refractivity contribution in [3.8, 4) is 11.5 Å². The van der Waals surface area contributed by atoms with Crippen LogP contribution in [0.3, 0.4) is 0 Å². The van der Waals surface area contributed by atoms with Gasteiger partial charge in [-0.15, -0.1) is 0 Å². The Labute approximate surface area is 200 Å². The fourth-order valence-electron chi connectivity index (χ4n) is 7.12. The molecule has 4 aliphatic rings. The molecule has 0 unspecified atom stereocenters. The number of amides is 1. The highest BCUT2D eigenvalue weighted by atomic mass is 16.5. The smallest absolute Gasteiger partial charge is 0.328 e. The van der Waals surface area contributed by atoms with Gasteiger partial charge in [-0.05, 0) is 97.1 Å². The van der Waals surface area contributed by atoms with E-state index in [0.717, 1.165) is 23.3 Å². The van der Waals surface area contributed by atoms with Gasteiger partial charge in [0.1, 0.15) is 17.5 Å². The number of hydrogen-bond donors (Lipinski definition) is 2. The third-order valence-electron chi connectivity index (χ3n) is 8.26. The molecular weight excluding hydrogens is 430 g/mol. The van der Waals surface area contributed by atoms with Crippen molar-refractivity contribution in [3.63, 3.8) is 0 Å². The number of benzene rings is 2. The number of phenols is 1. The number of aromatic hydroxyl groups is 1. The number of esters is 1. The van der Waals surface area contributed by atoms with E-state index >= 15 is 0 Å². The predicted octanol–water partition coefficient (Wildman–Crippen LogP) is 4.38. The number of ether oxygens (including phenoxy) is 2. The maximum Gasteiger partial charge on any atom is 0.328 e. The van der Waals surface area contributed by atoms with Crippen molar-refractivity contribution in [2.75, 3.05) is 14.2 Å². The van der Waals surface area contributed by atoms with Gasteiger partial charge in [0.05, 0.1) is 19.8 Å². The van der Waals surface area contributed by atoms with Crippen molar-refractivity contribution in [1.29, 1.82) is 0 Å². The Balaban J connectivity index is 1.41. The number of nitrogens with one attached hydrogen (secondary N) is 1. The number of rotatable bonds is 7. The molecule has 0 spiro atoms. The van der Waals surface area contributed by atoms with E-state index < -0.39 is 12.0 Å². The van der Waals surface area contributed by atoms with Gasteiger partial charge in [0, 0.05) is 6.42 Å². The maximum atomic E-state index is 13.4. The number of phenolic OH excluding ortho intramolecular Hbond substituents is 1. The average Bonchev–Trinajstić information content (AvgIpc) is 2.83. The van der Waals surface area contributed by atoms with E-state index in [1.807, 2.05) is 12.1 Å². The highest BCUT2D eigenvalue weighted by Crippen LogP contribution is 2.60. The van der Waals surface area contributed by atoms with Gasteiger partial charge in [-0.2, -0.15) is 0 Å². The van der Waals surface area contributed by atoms with Crippen molar-refractivity contribution in [1.82, 2.24) is 5.32 Å². The largest absolute Gasteiger partial charge is 0.508 e. The van der Waals surface area contributed by atoms with E-state index in [1.165, 1.54) is 51.2 Å². The van der Waals surface area contributed by atoms with Crippen LogP contribution < -0.4 is 10.1 Å². The van der Waals surface area contributed by atoms with Gasteiger partial charge in [0.15, 0.2) is 0 Å². The van der Waals surface area contributed by atoms with E-state index in [9.17, 15) is 14.7 Å². The molecule has 4 saturated carbocycles. The second kappa shape index (κ2) is 8.97. The lowest BCUT2D eigenvalue weighted by molar-refractivity contribution is -0.142. The van der Waals surface area contributed by atoms with Crippen molar-refractivity contribution in [2.45, 2.75) is 56.4 Å². The predicted molar refractivity (Wildman–Crippen MR) is 128 cm³/mol. The first-order valence-corrected chi connectivity index (χ1v) is 12.2. The molecule has 4 fully saturated rings. The fraction of sp³-hybridized carbons (Fsp3) is 0.500. The summed E-state index contributed by atoms with van der Waals surface area (Å²) in [5, 5.41) is 12.4. The molecule has 2 aromatic rings. The van der Waals surface area contributed by atoms with Gasteiger partial charge in [0.2, 0.25) is 0 Å². The minimum Gasteiger partial charge on any atom is -0.508 e. The topological polar surface area (TPSA) is 84.9 Å². The van der Waals surface area contributed by atoms with E-state index in [0.29, 0.717) is 11.3 Å². The van der Waals surface area contributed by atoms with Gasteiger partial charge < -0.3 is 19.9 Å². The Hall–Kier alpha value is -3.02. The molecule has 180 valence electrons. The number of carbonyl (C=O) groups excluding carboxylic acids is 2. The SMILES string of the molecule is COC(=O)[C@H](Cc1ccc(O)cc1)NC(=O)c1cc(C23CC4CC(CC(C4)C2)C3)ccc1OC. The summed E-state index contributed by atoms with van der Waals surface area (Å²) < 4.78 is 10.5. The zero-order valence-electron chi connectivity index (χ0n) is 19.9. The molecule has 0 aliphatic heterocycles. The second-order valence-corrected chi connectivity index (χ2v) is 10.5. The quantitative estimate of drug-likeness (QED) is 0.595. The zero-order valence-corrected chi connectivity index (χ0v) is 19.9. The molecule has 34 heavy (non-hydrogen) atoms. The highest BCUT2D eigenvalue weighted by molar-refractivity contribution is 5.99. The van der Waals surface area contributed by atoms with Gasteiger partial charge in [0.25, 0.3) is 5.91 Å². The maximum absolute atomic E-state index is 13.4. The molecule has 0 heterocycles. The van der Waals surface area contributed by atoms with Gasteiger partial charge in [-0.3, -0.25) is 4.79 Å². The van der Waals surface area contributed by atoms with E-state index in [1.54, 1.807) is 31.4 Å². The van der Waals surface area contributed by atoms with Crippen LogP contribution in [0.1, 0.15) is 60.0 Å². The first-order chi connectivity index (χ1) is 16.4. The normalized spacial score (nSPS) is 27.8. The highest BCUT2D eigenvalue weighted by Gasteiger charge is 2.51.